The number of hydrogen-bond donors (Lipinski definition) is 3. The molecule has 43 heavy (non-hydrogen) atoms. The Balaban J connectivity index is 1.18. The number of carbonyl (C=O) groups excluding carboxylic acids is 1. The molecular weight excluding hydrogens is 567 g/mol. The molecule has 2 unspecified atom stereocenters. The molecule has 2 atom stereocenters. The highest BCUT2D eigenvalue weighted by Crippen LogP contribution is 2.35. The fourth-order valence-corrected chi connectivity index (χ4v) is 5.69. The summed E-state index contributed by atoms with van der Waals surface area (Å²) in [5.74, 6) is 0.146. The van der Waals surface area contributed by atoms with Crippen molar-refractivity contribution < 1.29 is 9.18 Å². The Bertz CT molecular complexity index is 1670. The molecule has 2 aliphatic heterocycles. The molecule has 1 saturated heterocycles. The van der Waals surface area contributed by atoms with Crippen molar-refractivity contribution in [1.29, 1.82) is 5.41 Å². The van der Waals surface area contributed by atoms with E-state index in [1.807, 2.05) is 37.2 Å². The van der Waals surface area contributed by atoms with Crippen LogP contribution >= 0.6 is 11.6 Å². The summed E-state index contributed by atoms with van der Waals surface area (Å²) >= 11 is 6.38. The van der Waals surface area contributed by atoms with Gasteiger partial charge in [0.2, 0.25) is 5.95 Å². The van der Waals surface area contributed by atoms with E-state index in [1.54, 1.807) is 48.7 Å². The van der Waals surface area contributed by atoms with Crippen molar-refractivity contribution in [3.63, 3.8) is 0 Å². The number of guanidine groups is 1. The number of allylic oxidation sites excluding steroid dienone is 4. The second-order valence-corrected chi connectivity index (χ2v) is 11.5. The van der Waals surface area contributed by atoms with Crippen LogP contribution in [-0.2, 0) is 6.54 Å². The number of halogens is 2. The highest BCUT2D eigenvalue weighted by atomic mass is 35.5. The summed E-state index contributed by atoms with van der Waals surface area (Å²) in [5, 5.41) is 14.8. The monoisotopic (exact) mass is 598 g/mol. The first-order valence-corrected chi connectivity index (χ1v) is 14.5. The second kappa shape index (κ2) is 12.1. The Morgan fingerprint density at radius 2 is 1.98 bits per heavy atom. The number of likely N-dealkylation sites (tertiary alicyclic amines) is 1. The lowest BCUT2D eigenvalue weighted by Gasteiger charge is -2.22. The van der Waals surface area contributed by atoms with Gasteiger partial charge in [0, 0.05) is 70.3 Å². The molecule has 1 aromatic heterocycles. The number of likely N-dealkylation sites (N-methyl/N-ethyl adjacent to an activating group) is 1. The van der Waals surface area contributed by atoms with E-state index in [2.05, 4.69) is 20.5 Å². The second-order valence-electron chi connectivity index (χ2n) is 11.0. The molecule has 3 heterocycles. The third-order valence-corrected chi connectivity index (χ3v) is 8.21. The van der Waals surface area contributed by atoms with E-state index in [9.17, 15) is 9.18 Å². The van der Waals surface area contributed by atoms with Gasteiger partial charge in [0.05, 0.1) is 18.0 Å². The summed E-state index contributed by atoms with van der Waals surface area (Å²) in [6, 6.07) is 12.8. The van der Waals surface area contributed by atoms with Gasteiger partial charge in [-0.3, -0.25) is 20.5 Å². The lowest BCUT2D eigenvalue weighted by Crippen LogP contribution is -2.43. The van der Waals surface area contributed by atoms with Crippen molar-refractivity contribution in [3.8, 4) is 11.3 Å². The zero-order valence-corrected chi connectivity index (χ0v) is 24.7. The number of rotatable bonds is 5. The summed E-state index contributed by atoms with van der Waals surface area (Å²) in [6.07, 6.45) is 7.27. The topological polar surface area (TPSA) is 110 Å². The van der Waals surface area contributed by atoms with Gasteiger partial charge in [-0.2, -0.15) is 0 Å². The molecule has 9 nitrogen and oxygen atoms in total. The standard InChI is InChI=1S/C32H32ClFN8O/c1-41(2)23-13-14-42(18-23)31(35)40-30(43)19-7-10-22(11-8-19)38-32-37-17-20-16-36-29(25-5-3-4-6-27(25)34)26-15-21(33)9-12-24(26)28(20)39-32/h3-5,7-12,15,17,23,27H,6,13-14,16,18H2,1-2H3,(H2,35,40,43)(H,37,38,39). The van der Waals surface area contributed by atoms with Crippen molar-refractivity contribution in [1.82, 2.24) is 25.1 Å². The summed E-state index contributed by atoms with van der Waals surface area (Å²) in [5.41, 5.74) is 5.28. The molecule has 1 aliphatic carbocycles. The number of nitrogens with one attached hydrogen (secondary N) is 3. The van der Waals surface area contributed by atoms with Gasteiger partial charge >= 0.3 is 0 Å². The quantitative estimate of drug-likeness (QED) is 0.269. The third kappa shape index (κ3) is 6.07. The molecule has 0 saturated carbocycles. The van der Waals surface area contributed by atoms with Crippen molar-refractivity contribution in [2.45, 2.75) is 31.6 Å². The van der Waals surface area contributed by atoms with Gasteiger partial charge in [-0.25, -0.2) is 14.4 Å². The van der Waals surface area contributed by atoms with Crippen LogP contribution in [0.25, 0.3) is 11.3 Å². The lowest BCUT2D eigenvalue weighted by atomic mass is 9.90. The lowest BCUT2D eigenvalue weighted by molar-refractivity contribution is 0.0972. The first-order chi connectivity index (χ1) is 20.8. The Morgan fingerprint density at radius 3 is 2.72 bits per heavy atom. The molecule has 6 rings (SSSR count). The average molecular weight is 599 g/mol. The molecule has 3 aromatic rings. The van der Waals surface area contributed by atoms with Crippen LogP contribution in [0, 0.1) is 5.41 Å². The van der Waals surface area contributed by atoms with Crippen LogP contribution in [0.5, 0.6) is 0 Å². The molecule has 11 heteroatoms. The van der Waals surface area contributed by atoms with Crippen LogP contribution in [0.3, 0.4) is 0 Å². The van der Waals surface area contributed by atoms with Crippen molar-refractivity contribution >= 4 is 40.8 Å². The predicted octanol–water partition coefficient (Wildman–Crippen LogP) is 5.37. The third-order valence-electron chi connectivity index (χ3n) is 7.97. The van der Waals surface area contributed by atoms with Crippen LogP contribution < -0.4 is 10.6 Å². The summed E-state index contributed by atoms with van der Waals surface area (Å²) in [4.78, 5) is 30.9. The Morgan fingerprint density at radius 1 is 1.16 bits per heavy atom. The molecule has 0 spiro atoms. The number of hydrogen-bond acceptors (Lipinski definition) is 7. The molecule has 1 fully saturated rings. The van der Waals surface area contributed by atoms with Gasteiger partial charge < -0.3 is 15.1 Å². The number of anilines is 2. The number of carbonyl (C=O) groups is 1. The number of alkyl halides is 1. The zero-order valence-electron chi connectivity index (χ0n) is 23.9. The molecule has 1 amide bonds. The summed E-state index contributed by atoms with van der Waals surface area (Å²) < 4.78 is 14.9. The smallest absolute Gasteiger partial charge is 0.257 e. The normalized spacial score (nSPS) is 19.2. The van der Waals surface area contributed by atoms with Gasteiger partial charge in [0.25, 0.3) is 5.91 Å². The number of amides is 1. The maximum atomic E-state index is 14.9. The first-order valence-electron chi connectivity index (χ1n) is 14.2. The molecule has 2 aromatic carbocycles. The first kappa shape index (κ1) is 28.7. The van der Waals surface area contributed by atoms with Crippen LogP contribution in [0.2, 0.25) is 5.02 Å². The van der Waals surface area contributed by atoms with E-state index in [4.69, 9.17) is 27.0 Å². The largest absolute Gasteiger partial charge is 0.341 e. The van der Waals surface area contributed by atoms with E-state index in [1.165, 1.54) is 0 Å². The van der Waals surface area contributed by atoms with E-state index in [0.717, 1.165) is 29.7 Å². The van der Waals surface area contributed by atoms with Gasteiger partial charge in [0.1, 0.15) is 6.17 Å². The van der Waals surface area contributed by atoms with Gasteiger partial charge in [0.15, 0.2) is 5.96 Å². The van der Waals surface area contributed by atoms with E-state index >= 15 is 0 Å². The zero-order chi connectivity index (χ0) is 30.1. The predicted molar refractivity (Wildman–Crippen MR) is 168 cm³/mol. The maximum Gasteiger partial charge on any atom is 0.257 e. The molecule has 0 bridgehead atoms. The molecule has 3 aliphatic rings. The van der Waals surface area contributed by atoms with Crippen molar-refractivity contribution in [3.05, 3.63) is 94.2 Å². The Kier molecular flexibility index (Phi) is 8.05. The minimum absolute atomic E-state index is 0.113. The van der Waals surface area contributed by atoms with Gasteiger partial charge in [-0.05, 0) is 56.9 Å². The van der Waals surface area contributed by atoms with Crippen molar-refractivity contribution in [2.75, 3.05) is 32.5 Å². The van der Waals surface area contributed by atoms with Gasteiger partial charge in [-0.1, -0.05) is 35.9 Å². The van der Waals surface area contributed by atoms with Crippen LogP contribution in [-0.4, -0.2) is 76.7 Å². The highest BCUT2D eigenvalue weighted by Gasteiger charge is 2.28. The van der Waals surface area contributed by atoms with Crippen LogP contribution in [0.1, 0.15) is 34.3 Å². The number of aliphatic imine (C=N–C) groups is 1. The number of benzene rings is 2. The minimum atomic E-state index is -1.15. The molecule has 0 radical (unpaired) electrons. The van der Waals surface area contributed by atoms with Crippen LogP contribution in [0.15, 0.2) is 77.5 Å². The van der Waals surface area contributed by atoms with E-state index in [-0.39, 0.29) is 11.9 Å². The van der Waals surface area contributed by atoms with Gasteiger partial charge in [-0.15, -0.1) is 0 Å². The van der Waals surface area contributed by atoms with E-state index < -0.39 is 6.17 Å². The average Bonchev–Trinajstić information content (AvgIpc) is 3.45. The number of aromatic nitrogens is 2. The fraction of sp³-hybridized carbons (Fsp3) is 0.281. The highest BCUT2D eigenvalue weighted by molar-refractivity contribution is 6.31. The number of fused-ring (bicyclic) bond motifs is 3. The maximum absolute atomic E-state index is 14.9. The Labute approximate surface area is 254 Å². The SMILES string of the molecule is CN(C)C1CCN(C(=N)NC(=O)c2ccc(Nc3ncc4c(n3)-c3ccc(Cl)cc3C(C3=CC=CCC3F)=NC4)cc2)C1. The molecule has 220 valence electrons. The number of nitrogens with zero attached hydrogens (tertiary/aromatic N) is 5. The Hall–Kier alpha value is -4.41. The fourth-order valence-electron chi connectivity index (χ4n) is 5.52. The molecular formula is C32H32ClFN8O. The van der Waals surface area contributed by atoms with Crippen LogP contribution in [0.4, 0.5) is 16.0 Å². The van der Waals surface area contributed by atoms with Crippen molar-refractivity contribution in [2.24, 2.45) is 4.99 Å². The summed E-state index contributed by atoms with van der Waals surface area (Å²) in [6.45, 7) is 1.76. The summed E-state index contributed by atoms with van der Waals surface area (Å²) in [7, 11) is 4.05. The minimum Gasteiger partial charge on any atom is -0.341 e. The van der Waals surface area contributed by atoms with E-state index in [0.29, 0.717) is 64.8 Å². The molecule has 3 N–H and O–H groups in total.